The first-order valence-electron chi connectivity index (χ1n) is 10.7. The minimum Gasteiger partial charge on any atom is -0.357 e. The molecule has 0 unspecified atom stereocenters. The Kier molecular flexibility index (Phi) is 7.65. The SMILES string of the molecule is CCN(CC)c1ccc(CNC(=NC)NCc2ccc(N3CCCC3=O)cc2)cn1. The number of pyridine rings is 1. The molecular weight excluding hydrogens is 376 g/mol. The van der Waals surface area contributed by atoms with Crippen molar-refractivity contribution in [1.29, 1.82) is 0 Å². The van der Waals surface area contributed by atoms with Gasteiger partial charge < -0.3 is 20.4 Å². The van der Waals surface area contributed by atoms with Crippen molar-refractivity contribution in [3.63, 3.8) is 0 Å². The molecule has 30 heavy (non-hydrogen) atoms. The van der Waals surface area contributed by atoms with Crippen molar-refractivity contribution in [2.24, 2.45) is 4.99 Å². The fourth-order valence-corrected chi connectivity index (χ4v) is 3.56. The molecule has 1 aromatic heterocycles. The van der Waals surface area contributed by atoms with E-state index in [0.717, 1.165) is 54.6 Å². The van der Waals surface area contributed by atoms with Gasteiger partial charge in [0.15, 0.2) is 5.96 Å². The van der Waals surface area contributed by atoms with Gasteiger partial charge in [0, 0.05) is 58.1 Å². The number of aliphatic imine (C=N–C) groups is 1. The molecule has 1 aliphatic rings. The summed E-state index contributed by atoms with van der Waals surface area (Å²) in [5.41, 5.74) is 3.22. The van der Waals surface area contributed by atoms with Gasteiger partial charge in [-0.1, -0.05) is 18.2 Å². The standard InChI is InChI=1S/C23H32N6O/c1-4-28(5-2)21-13-10-19(16-25-21)17-27-23(24-3)26-15-18-8-11-20(12-9-18)29-14-6-7-22(29)30/h8-13,16H,4-7,14-15,17H2,1-3H3,(H2,24,26,27). The second-order valence-electron chi connectivity index (χ2n) is 7.29. The molecule has 0 bridgehead atoms. The number of aromatic nitrogens is 1. The van der Waals surface area contributed by atoms with Gasteiger partial charge in [0.25, 0.3) is 0 Å². The van der Waals surface area contributed by atoms with Crippen molar-refractivity contribution < 1.29 is 4.79 Å². The van der Waals surface area contributed by atoms with Crippen LogP contribution in [0, 0.1) is 0 Å². The predicted octanol–water partition coefficient (Wildman–Crippen LogP) is 2.92. The maximum atomic E-state index is 11.9. The van der Waals surface area contributed by atoms with Gasteiger partial charge >= 0.3 is 0 Å². The highest BCUT2D eigenvalue weighted by Gasteiger charge is 2.21. The van der Waals surface area contributed by atoms with Gasteiger partial charge in [0.05, 0.1) is 0 Å². The lowest BCUT2D eigenvalue weighted by molar-refractivity contribution is -0.117. The number of carbonyl (C=O) groups excluding carboxylic acids is 1. The summed E-state index contributed by atoms with van der Waals surface area (Å²) in [4.78, 5) is 24.8. The molecule has 1 saturated heterocycles. The number of amides is 1. The highest BCUT2D eigenvalue weighted by Crippen LogP contribution is 2.21. The Morgan fingerprint density at radius 1 is 1.07 bits per heavy atom. The molecule has 0 radical (unpaired) electrons. The lowest BCUT2D eigenvalue weighted by Gasteiger charge is -2.19. The highest BCUT2D eigenvalue weighted by atomic mass is 16.2. The molecule has 2 aromatic rings. The van der Waals surface area contributed by atoms with Crippen LogP contribution in [0.1, 0.15) is 37.8 Å². The normalized spacial score (nSPS) is 14.2. The second kappa shape index (κ2) is 10.6. The maximum Gasteiger partial charge on any atom is 0.227 e. The fourth-order valence-electron chi connectivity index (χ4n) is 3.56. The molecule has 160 valence electrons. The zero-order valence-electron chi connectivity index (χ0n) is 18.2. The number of carbonyl (C=O) groups is 1. The summed E-state index contributed by atoms with van der Waals surface area (Å²) in [5, 5.41) is 6.66. The molecule has 0 atom stereocenters. The molecule has 3 rings (SSSR count). The largest absolute Gasteiger partial charge is 0.357 e. The van der Waals surface area contributed by atoms with Gasteiger partial charge in [0.2, 0.25) is 5.91 Å². The summed E-state index contributed by atoms with van der Waals surface area (Å²) in [6.07, 6.45) is 3.50. The van der Waals surface area contributed by atoms with Crippen LogP contribution in [0.5, 0.6) is 0 Å². The summed E-state index contributed by atoms with van der Waals surface area (Å²) in [6.45, 7) is 8.30. The lowest BCUT2D eigenvalue weighted by Crippen LogP contribution is -2.36. The third kappa shape index (κ3) is 5.49. The van der Waals surface area contributed by atoms with E-state index < -0.39 is 0 Å². The van der Waals surface area contributed by atoms with E-state index in [2.05, 4.69) is 63.6 Å². The van der Waals surface area contributed by atoms with E-state index in [-0.39, 0.29) is 5.91 Å². The van der Waals surface area contributed by atoms with Crippen LogP contribution in [0.2, 0.25) is 0 Å². The van der Waals surface area contributed by atoms with E-state index in [1.54, 1.807) is 7.05 Å². The van der Waals surface area contributed by atoms with Crippen LogP contribution in [0.15, 0.2) is 47.6 Å². The topological polar surface area (TPSA) is 72.9 Å². The Hall–Kier alpha value is -3.09. The molecule has 7 heteroatoms. The van der Waals surface area contributed by atoms with Crippen LogP contribution in [-0.2, 0) is 17.9 Å². The monoisotopic (exact) mass is 408 g/mol. The minimum absolute atomic E-state index is 0.213. The van der Waals surface area contributed by atoms with Crippen molar-refractivity contribution in [3.05, 3.63) is 53.7 Å². The Bertz CT molecular complexity index is 843. The molecule has 0 spiro atoms. The quantitative estimate of drug-likeness (QED) is 0.519. The van der Waals surface area contributed by atoms with Crippen molar-refractivity contribution >= 4 is 23.4 Å². The molecular formula is C23H32N6O. The van der Waals surface area contributed by atoms with E-state index in [1.807, 2.05) is 23.2 Å². The third-order valence-electron chi connectivity index (χ3n) is 5.36. The molecule has 1 amide bonds. The number of hydrogen-bond acceptors (Lipinski definition) is 4. The average Bonchev–Trinajstić information content (AvgIpc) is 3.22. The molecule has 1 aliphatic heterocycles. The van der Waals surface area contributed by atoms with Gasteiger partial charge in [-0.2, -0.15) is 0 Å². The van der Waals surface area contributed by atoms with E-state index >= 15 is 0 Å². The van der Waals surface area contributed by atoms with Crippen LogP contribution >= 0.6 is 0 Å². The molecule has 0 aliphatic carbocycles. The highest BCUT2D eigenvalue weighted by molar-refractivity contribution is 5.95. The van der Waals surface area contributed by atoms with Gasteiger partial charge in [-0.25, -0.2) is 4.98 Å². The minimum atomic E-state index is 0.213. The van der Waals surface area contributed by atoms with Crippen molar-refractivity contribution in [2.75, 3.05) is 36.5 Å². The van der Waals surface area contributed by atoms with Crippen LogP contribution in [-0.4, -0.2) is 43.5 Å². The zero-order valence-corrected chi connectivity index (χ0v) is 18.2. The van der Waals surface area contributed by atoms with Crippen LogP contribution in [0.4, 0.5) is 11.5 Å². The lowest BCUT2D eigenvalue weighted by atomic mass is 10.2. The average molecular weight is 409 g/mol. The molecule has 7 nitrogen and oxygen atoms in total. The van der Waals surface area contributed by atoms with E-state index in [9.17, 15) is 4.79 Å². The van der Waals surface area contributed by atoms with Gasteiger partial charge in [-0.15, -0.1) is 0 Å². The summed E-state index contributed by atoms with van der Waals surface area (Å²) < 4.78 is 0. The van der Waals surface area contributed by atoms with E-state index in [1.165, 1.54) is 0 Å². The molecule has 2 N–H and O–H groups in total. The van der Waals surface area contributed by atoms with E-state index in [4.69, 9.17) is 0 Å². The van der Waals surface area contributed by atoms with Crippen LogP contribution in [0.25, 0.3) is 0 Å². The van der Waals surface area contributed by atoms with Crippen LogP contribution < -0.4 is 20.4 Å². The third-order valence-corrected chi connectivity index (χ3v) is 5.36. The molecule has 0 saturated carbocycles. The zero-order chi connectivity index (χ0) is 21.3. The molecule has 1 fully saturated rings. The van der Waals surface area contributed by atoms with Gasteiger partial charge in [0.1, 0.15) is 5.82 Å². The van der Waals surface area contributed by atoms with Crippen molar-refractivity contribution in [3.8, 4) is 0 Å². The molecule has 2 heterocycles. The number of nitrogens with one attached hydrogen (secondary N) is 2. The molecule has 1 aromatic carbocycles. The van der Waals surface area contributed by atoms with E-state index in [0.29, 0.717) is 19.5 Å². The smallest absolute Gasteiger partial charge is 0.227 e. The Balaban J connectivity index is 1.48. The second-order valence-corrected chi connectivity index (χ2v) is 7.29. The summed E-state index contributed by atoms with van der Waals surface area (Å²) in [6, 6.07) is 12.3. The fraction of sp³-hybridized carbons (Fsp3) is 0.435. The van der Waals surface area contributed by atoms with Crippen molar-refractivity contribution in [1.82, 2.24) is 15.6 Å². The predicted molar refractivity (Wildman–Crippen MR) is 123 cm³/mol. The maximum absolute atomic E-state index is 11.9. The first-order valence-corrected chi connectivity index (χ1v) is 10.7. The Labute approximate surface area is 179 Å². The number of hydrogen-bond donors (Lipinski definition) is 2. The number of benzene rings is 1. The number of guanidine groups is 1. The first kappa shape index (κ1) is 21.6. The van der Waals surface area contributed by atoms with Crippen molar-refractivity contribution in [2.45, 2.75) is 39.8 Å². The summed E-state index contributed by atoms with van der Waals surface area (Å²) >= 11 is 0. The first-order chi connectivity index (χ1) is 14.6. The summed E-state index contributed by atoms with van der Waals surface area (Å²) in [5.74, 6) is 1.96. The number of anilines is 2. The van der Waals surface area contributed by atoms with Crippen LogP contribution in [0.3, 0.4) is 0 Å². The number of nitrogens with zero attached hydrogens (tertiary/aromatic N) is 4. The Morgan fingerprint density at radius 2 is 1.73 bits per heavy atom. The summed E-state index contributed by atoms with van der Waals surface area (Å²) in [7, 11) is 1.76. The number of rotatable bonds is 8. The van der Waals surface area contributed by atoms with Gasteiger partial charge in [-0.05, 0) is 49.6 Å². The Morgan fingerprint density at radius 3 is 2.27 bits per heavy atom. The van der Waals surface area contributed by atoms with Gasteiger partial charge in [-0.3, -0.25) is 9.79 Å².